The Morgan fingerprint density at radius 1 is 0.645 bits per heavy atom. The molecule has 0 rings (SSSR count). The van der Waals surface area contributed by atoms with Crippen molar-refractivity contribution in [2.75, 3.05) is 0 Å². The Morgan fingerprint density at radius 3 is 1.29 bits per heavy atom. The molecule has 0 radical (unpaired) electrons. The van der Waals surface area contributed by atoms with Crippen LogP contribution in [0, 0.1) is 11.8 Å². The monoisotopic (exact) mass is 434 g/mol. The summed E-state index contributed by atoms with van der Waals surface area (Å²) >= 11 is 0. The lowest BCUT2D eigenvalue weighted by molar-refractivity contribution is -0.164. The Bertz CT molecular complexity index is 581. The maximum absolute atomic E-state index is 12.9. The van der Waals surface area contributed by atoms with E-state index in [2.05, 4.69) is 23.4 Å². The first-order valence-electron chi connectivity index (χ1n) is 12.2. The van der Waals surface area contributed by atoms with E-state index in [1.165, 1.54) is 0 Å². The van der Waals surface area contributed by atoms with E-state index in [0.29, 0.717) is 37.1 Å². The van der Waals surface area contributed by atoms with Gasteiger partial charge in [0.15, 0.2) is 11.8 Å². The van der Waals surface area contributed by atoms with E-state index < -0.39 is 23.8 Å². The Kier molecular flexibility index (Phi) is 17.4. The van der Waals surface area contributed by atoms with Crippen LogP contribution in [0.4, 0.5) is 0 Å². The molecule has 0 aliphatic carbocycles. The molecule has 0 amide bonds. The van der Waals surface area contributed by atoms with Crippen LogP contribution in [0.25, 0.3) is 11.1 Å². The summed E-state index contributed by atoms with van der Waals surface area (Å²) in [5, 5.41) is 0. The third kappa shape index (κ3) is 11.8. The van der Waals surface area contributed by atoms with Gasteiger partial charge in [-0.25, -0.2) is 0 Å². The number of hydrogen-bond donors (Lipinski definition) is 0. The number of carbonyl (C=O) groups excluding carboxylic acids is 2. The quantitative estimate of drug-likeness (QED) is 0.0641. The van der Waals surface area contributed by atoms with Crippen molar-refractivity contribution in [2.45, 2.75) is 118 Å². The molecule has 7 nitrogen and oxygen atoms in total. The molecule has 2 unspecified atom stereocenters. The highest BCUT2D eigenvalue weighted by atomic mass is 16.6. The van der Waals surface area contributed by atoms with Crippen molar-refractivity contribution in [3.63, 3.8) is 0 Å². The molecule has 0 spiro atoms. The second-order valence-electron chi connectivity index (χ2n) is 8.23. The lowest BCUT2D eigenvalue weighted by atomic mass is 9.91. The Labute approximate surface area is 188 Å². The van der Waals surface area contributed by atoms with E-state index in [1.54, 1.807) is 0 Å². The van der Waals surface area contributed by atoms with Gasteiger partial charge in [0.25, 0.3) is 11.4 Å². The second kappa shape index (κ2) is 18.7. The van der Waals surface area contributed by atoms with Gasteiger partial charge in [0.2, 0.25) is 0 Å². The van der Waals surface area contributed by atoms with Crippen LogP contribution >= 0.6 is 0 Å². The van der Waals surface area contributed by atoms with Crippen molar-refractivity contribution in [1.82, 2.24) is 0 Å². The van der Waals surface area contributed by atoms with Crippen LogP contribution in [0.3, 0.4) is 0 Å². The fourth-order valence-electron chi connectivity index (χ4n) is 3.58. The molecule has 0 bridgehead atoms. The van der Waals surface area contributed by atoms with E-state index in [4.69, 9.17) is 4.74 Å². The normalized spacial score (nSPS) is 12.4. The average molecular weight is 435 g/mol. The van der Waals surface area contributed by atoms with Crippen molar-refractivity contribution in [3.05, 3.63) is 11.1 Å². The fourth-order valence-corrected chi connectivity index (χ4v) is 3.58. The van der Waals surface area contributed by atoms with E-state index in [9.17, 15) is 20.7 Å². The summed E-state index contributed by atoms with van der Waals surface area (Å²) in [6, 6.07) is 0. The van der Waals surface area contributed by atoms with Gasteiger partial charge in [-0.2, -0.15) is 9.58 Å². The predicted octanol–water partition coefficient (Wildman–Crippen LogP) is 6.17. The highest BCUT2D eigenvalue weighted by Gasteiger charge is 2.37. The molecular formula is C24H42N4O3. The summed E-state index contributed by atoms with van der Waals surface area (Å²) in [5.74, 6) is -2.79. The van der Waals surface area contributed by atoms with E-state index >= 15 is 0 Å². The molecule has 0 saturated carbocycles. The Morgan fingerprint density at radius 2 is 1.00 bits per heavy atom. The van der Waals surface area contributed by atoms with E-state index in [-0.39, 0.29) is 0 Å². The van der Waals surface area contributed by atoms with Gasteiger partial charge in [0, 0.05) is 12.8 Å². The van der Waals surface area contributed by atoms with Gasteiger partial charge in [0.05, 0.1) is 0 Å². The zero-order chi connectivity index (χ0) is 23.5. The first-order valence-corrected chi connectivity index (χ1v) is 12.2. The van der Waals surface area contributed by atoms with Gasteiger partial charge < -0.3 is 15.8 Å². The first-order chi connectivity index (χ1) is 15.0. The van der Waals surface area contributed by atoms with Crippen LogP contribution in [-0.4, -0.2) is 32.9 Å². The van der Waals surface area contributed by atoms with Crippen molar-refractivity contribution in [3.8, 4) is 0 Å². The Hall–Kier alpha value is -2.10. The minimum Gasteiger partial charge on any atom is -0.392 e. The number of esters is 2. The van der Waals surface area contributed by atoms with Crippen molar-refractivity contribution >= 4 is 23.4 Å². The predicted molar refractivity (Wildman–Crippen MR) is 123 cm³/mol. The van der Waals surface area contributed by atoms with Gasteiger partial charge in [0.1, 0.15) is 0 Å². The Balaban J connectivity index is 5.49. The van der Waals surface area contributed by atoms with Crippen LogP contribution in [0.1, 0.15) is 118 Å². The van der Waals surface area contributed by atoms with Crippen LogP contribution < -0.4 is 0 Å². The van der Waals surface area contributed by atoms with Crippen LogP contribution in [0.15, 0.2) is 0 Å². The van der Waals surface area contributed by atoms with Crippen LogP contribution in [0.5, 0.6) is 0 Å². The fraction of sp³-hybridized carbons (Fsp3) is 0.833. The van der Waals surface area contributed by atoms with Crippen molar-refractivity contribution in [1.29, 1.82) is 0 Å². The third-order valence-corrected chi connectivity index (χ3v) is 5.60. The number of rotatable bonds is 18. The number of nitrogens with zero attached hydrogens (tertiary/aromatic N) is 4. The number of unbranched alkanes of at least 4 members (excludes halogenated alkanes) is 6. The second-order valence-corrected chi connectivity index (χ2v) is 8.23. The van der Waals surface area contributed by atoms with Crippen molar-refractivity contribution in [2.24, 2.45) is 11.8 Å². The molecule has 0 aromatic carbocycles. The van der Waals surface area contributed by atoms with E-state index in [0.717, 1.165) is 64.2 Å². The number of ether oxygens (including phenoxy) is 1. The maximum Gasteiger partial charge on any atom is 0.328 e. The molecule has 0 aromatic rings. The summed E-state index contributed by atoms with van der Waals surface area (Å²) in [6.07, 6.45) is 10.8. The smallest absolute Gasteiger partial charge is 0.328 e. The third-order valence-electron chi connectivity index (χ3n) is 5.60. The van der Waals surface area contributed by atoms with Gasteiger partial charge in [-0.15, -0.1) is 0 Å². The zero-order valence-corrected chi connectivity index (χ0v) is 20.1. The molecule has 2 atom stereocenters. The maximum atomic E-state index is 12.9. The molecule has 0 saturated heterocycles. The van der Waals surface area contributed by atoms with Crippen molar-refractivity contribution < 1.29 is 23.9 Å². The molecule has 7 heteroatoms. The average Bonchev–Trinajstić information content (AvgIpc) is 2.77. The number of hydrogen-bond acceptors (Lipinski definition) is 3. The topological polar surface area (TPSA) is 116 Å². The van der Waals surface area contributed by atoms with Gasteiger partial charge in [-0.05, 0) is 25.7 Å². The summed E-state index contributed by atoms with van der Waals surface area (Å²) in [7, 11) is 0. The highest BCUT2D eigenvalue weighted by Crippen LogP contribution is 2.20. The largest absolute Gasteiger partial charge is 0.392 e. The summed E-state index contributed by atoms with van der Waals surface area (Å²) in [4.78, 5) is 32.6. The van der Waals surface area contributed by atoms with Gasteiger partial charge >= 0.3 is 11.9 Å². The molecule has 0 N–H and O–H groups in total. The molecular weight excluding hydrogens is 392 g/mol. The SMILES string of the molecule is CCCCCC(C(=O)OC(=O)C(CCCCC)C(CCCC)=[N+]=[N-])C(CCCC)=[N+]=[N-]. The minimum absolute atomic E-state index is 0.375. The standard InChI is InChI=1S/C24H42N4O3/c1-5-9-13-15-19(21(27-25)17-11-7-3)23(29)31-24(30)20(16-14-10-6-2)22(28-26)18-12-8-4/h19-20H,5-18H2,1-4H3. The molecule has 0 heterocycles. The first kappa shape index (κ1) is 28.9. The van der Waals surface area contributed by atoms with E-state index in [1.807, 2.05) is 13.8 Å². The molecule has 31 heavy (non-hydrogen) atoms. The summed E-state index contributed by atoms with van der Waals surface area (Å²) in [5.41, 5.74) is 19.7. The summed E-state index contributed by atoms with van der Waals surface area (Å²) in [6.45, 7) is 8.19. The zero-order valence-electron chi connectivity index (χ0n) is 20.1. The lowest BCUT2D eigenvalue weighted by Gasteiger charge is -2.15. The molecule has 0 aromatic heterocycles. The molecule has 0 fully saturated rings. The van der Waals surface area contributed by atoms with Gasteiger partial charge in [-0.3, -0.25) is 9.59 Å². The lowest BCUT2D eigenvalue weighted by Crippen LogP contribution is -2.34. The minimum atomic E-state index is -0.728. The molecule has 0 aliphatic rings. The van der Waals surface area contributed by atoms with Crippen LogP contribution in [0.2, 0.25) is 0 Å². The molecule has 0 aliphatic heterocycles. The number of carbonyl (C=O) groups is 2. The summed E-state index contributed by atoms with van der Waals surface area (Å²) < 4.78 is 5.30. The van der Waals surface area contributed by atoms with Crippen LogP contribution in [-0.2, 0) is 14.3 Å². The van der Waals surface area contributed by atoms with Gasteiger partial charge in [-0.1, -0.05) is 79.1 Å². The molecule has 176 valence electrons. The highest BCUT2D eigenvalue weighted by molar-refractivity contribution is 6.06.